The second-order valence-corrected chi connectivity index (χ2v) is 3.60. The van der Waals surface area contributed by atoms with E-state index in [1.807, 2.05) is 13.0 Å². The molecule has 0 saturated carbocycles. The molecule has 18 heavy (non-hydrogen) atoms. The van der Waals surface area contributed by atoms with E-state index >= 15 is 0 Å². The average molecular weight is 250 g/mol. The molecule has 0 saturated heterocycles. The first-order valence-corrected chi connectivity index (χ1v) is 5.70. The highest BCUT2D eigenvalue weighted by molar-refractivity contribution is 5.87. The predicted molar refractivity (Wildman–Crippen MR) is 70.0 cm³/mol. The zero-order valence-electron chi connectivity index (χ0n) is 11.1. The Morgan fingerprint density at radius 3 is 2.56 bits per heavy atom. The SMILES string of the molecule is CCOC(=O)/C=C/c1ccc(OC)c(OC)c1C. The summed E-state index contributed by atoms with van der Waals surface area (Å²) in [4.78, 5) is 11.2. The Kier molecular flexibility index (Phi) is 5.24. The number of rotatable bonds is 5. The van der Waals surface area contributed by atoms with Crippen LogP contribution in [0.1, 0.15) is 18.1 Å². The minimum absolute atomic E-state index is 0.355. The van der Waals surface area contributed by atoms with Crippen molar-refractivity contribution in [2.45, 2.75) is 13.8 Å². The number of hydrogen-bond acceptors (Lipinski definition) is 4. The van der Waals surface area contributed by atoms with Crippen LogP contribution < -0.4 is 9.47 Å². The van der Waals surface area contributed by atoms with Crippen LogP contribution in [0.15, 0.2) is 18.2 Å². The van der Waals surface area contributed by atoms with E-state index < -0.39 is 0 Å². The average Bonchev–Trinajstić information content (AvgIpc) is 2.37. The van der Waals surface area contributed by atoms with Gasteiger partial charge in [0.1, 0.15) is 0 Å². The molecule has 1 aromatic rings. The van der Waals surface area contributed by atoms with Crippen molar-refractivity contribution in [3.63, 3.8) is 0 Å². The van der Waals surface area contributed by atoms with Gasteiger partial charge < -0.3 is 14.2 Å². The fourth-order valence-electron chi connectivity index (χ4n) is 1.63. The molecule has 0 amide bonds. The van der Waals surface area contributed by atoms with Crippen molar-refractivity contribution in [2.75, 3.05) is 20.8 Å². The normalized spacial score (nSPS) is 10.4. The van der Waals surface area contributed by atoms with Gasteiger partial charge in [0, 0.05) is 11.6 Å². The minimum Gasteiger partial charge on any atom is -0.493 e. The first-order chi connectivity index (χ1) is 8.63. The van der Waals surface area contributed by atoms with E-state index in [1.165, 1.54) is 6.08 Å². The largest absolute Gasteiger partial charge is 0.493 e. The van der Waals surface area contributed by atoms with Gasteiger partial charge in [0.2, 0.25) is 0 Å². The fraction of sp³-hybridized carbons (Fsp3) is 0.357. The summed E-state index contributed by atoms with van der Waals surface area (Å²) in [7, 11) is 3.18. The Hall–Kier alpha value is -1.97. The van der Waals surface area contributed by atoms with Crippen LogP contribution in [-0.4, -0.2) is 26.8 Å². The van der Waals surface area contributed by atoms with Gasteiger partial charge in [-0.15, -0.1) is 0 Å². The smallest absolute Gasteiger partial charge is 0.330 e. The van der Waals surface area contributed by atoms with Crippen LogP contribution in [0.3, 0.4) is 0 Å². The summed E-state index contributed by atoms with van der Waals surface area (Å²) in [5, 5.41) is 0. The topological polar surface area (TPSA) is 44.8 Å². The van der Waals surface area contributed by atoms with Gasteiger partial charge in [-0.1, -0.05) is 6.07 Å². The Morgan fingerprint density at radius 1 is 1.28 bits per heavy atom. The summed E-state index contributed by atoms with van der Waals surface area (Å²) in [5.41, 5.74) is 1.80. The highest BCUT2D eigenvalue weighted by Crippen LogP contribution is 2.33. The number of esters is 1. The first-order valence-electron chi connectivity index (χ1n) is 5.70. The Morgan fingerprint density at radius 2 is 2.00 bits per heavy atom. The van der Waals surface area contributed by atoms with Crippen molar-refractivity contribution in [2.24, 2.45) is 0 Å². The molecule has 0 unspecified atom stereocenters. The van der Waals surface area contributed by atoms with Gasteiger partial charge in [-0.3, -0.25) is 0 Å². The van der Waals surface area contributed by atoms with Crippen LogP contribution in [0.5, 0.6) is 11.5 Å². The lowest BCUT2D eigenvalue weighted by Crippen LogP contribution is -1.99. The summed E-state index contributed by atoms with van der Waals surface area (Å²) in [6, 6.07) is 3.67. The third-order valence-corrected chi connectivity index (χ3v) is 2.52. The molecule has 1 rings (SSSR count). The summed E-state index contributed by atoms with van der Waals surface area (Å²) in [6.45, 7) is 4.05. The second-order valence-electron chi connectivity index (χ2n) is 3.60. The maximum Gasteiger partial charge on any atom is 0.330 e. The van der Waals surface area contributed by atoms with Crippen molar-refractivity contribution >= 4 is 12.0 Å². The molecule has 0 N–H and O–H groups in total. The lowest BCUT2D eigenvalue weighted by molar-refractivity contribution is -0.137. The van der Waals surface area contributed by atoms with E-state index in [0.29, 0.717) is 18.1 Å². The third-order valence-electron chi connectivity index (χ3n) is 2.52. The molecule has 0 bridgehead atoms. The maximum absolute atomic E-state index is 11.2. The molecule has 0 aromatic heterocycles. The predicted octanol–water partition coefficient (Wildman–Crippen LogP) is 2.59. The Balaban J connectivity index is 3.01. The molecular formula is C14H18O4. The molecule has 0 fully saturated rings. The van der Waals surface area contributed by atoms with Crippen molar-refractivity contribution in [1.29, 1.82) is 0 Å². The Labute approximate surface area is 107 Å². The fourth-order valence-corrected chi connectivity index (χ4v) is 1.63. The van der Waals surface area contributed by atoms with Crippen LogP contribution in [-0.2, 0) is 9.53 Å². The zero-order valence-corrected chi connectivity index (χ0v) is 11.1. The molecule has 0 aliphatic carbocycles. The van der Waals surface area contributed by atoms with Crippen molar-refractivity contribution in [1.82, 2.24) is 0 Å². The van der Waals surface area contributed by atoms with Crippen LogP contribution in [0.25, 0.3) is 6.08 Å². The number of hydrogen-bond donors (Lipinski definition) is 0. The maximum atomic E-state index is 11.2. The Bertz CT molecular complexity index is 449. The van der Waals surface area contributed by atoms with Gasteiger partial charge in [0.15, 0.2) is 11.5 Å². The highest BCUT2D eigenvalue weighted by Gasteiger charge is 2.09. The molecule has 4 heteroatoms. The standard InChI is InChI=1S/C14H18O4/c1-5-18-13(15)9-7-11-6-8-12(16-3)14(17-4)10(11)2/h6-9H,5H2,1-4H3/b9-7+. The molecule has 0 spiro atoms. The van der Waals surface area contributed by atoms with E-state index in [1.54, 1.807) is 33.3 Å². The third kappa shape index (κ3) is 3.26. The molecule has 4 nitrogen and oxygen atoms in total. The van der Waals surface area contributed by atoms with Gasteiger partial charge in [0.05, 0.1) is 20.8 Å². The highest BCUT2D eigenvalue weighted by atomic mass is 16.5. The van der Waals surface area contributed by atoms with Crippen molar-refractivity contribution in [3.05, 3.63) is 29.3 Å². The summed E-state index contributed by atoms with van der Waals surface area (Å²) in [5.74, 6) is 0.985. The first kappa shape index (κ1) is 14.1. The molecule has 98 valence electrons. The zero-order chi connectivity index (χ0) is 13.5. The van der Waals surface area contributed by atoms with Crippen molar-refractivity contribution < 1.29 is 19.0 Å². The summed E-state index contributed by atoms with van der Waals surface area (Å²) < 4.78 is 15.3. The molecular weight excluding hydrogens is 232 g/mol. The van der Waals surface area contributed by atoms with Gasteiger partial charge >= 0.3 is 5.97 Å². The molecule has 0 atom stereocenters. The molecule has 0 radical (unpaired) electrons. The van der Waals surface area contributed by atoms with E-state index in [9.17, 15) is 4.79 Å². The number of ether oxygens (including phenoxy) is 3. The second kappa shape index (κ2) is 6.69. The molecule has 0 aliphatic rings. The lowest BCUT2D eigenvalue weighted by atomic mass is 10.1. The minimum atomic E-state index is -0.355. The van der Waals surface area contributed by atoms with Gasteiger partial charge in [-0.2, -0.15) is 0 Å². The van der Waals surface area contributed by atoms with Crippen LogP contribution in [0.4, 0.5) is 0 Å². The number of methoxy groups -OCH3 is 2. The van der Waals surface area contributed by atoms with Crippen LogP contribution in [0.2, 0.25) is 0 Å². The van der Waals surface area contributed by atoms with E-state index in [2.05, 4.69) is 0 Å². The quantitative estimate of drug-likeness (QED) is 0.595. The number of carbonyl (C=O) groups excluding carboxylic acids is 1. The monoisotopic (exact) mass is 250 g/mol. The van der Waals surface area contributed by atoms with Gasteiger partial charge in [-0.05, 0) is 31.6 Å². The van der Waals surface area contributed by atoms with Crippen molar-refractivity contribution in [3.8, 4) is 11.5 Å². The summed E-state index contributed by atoms with van der Waals surface area (Å²) in [6.07, 6.45) is 3.10. The summed E-state index contributed by atoms with van der Waals surface area (Å²) >= 11 is 0. The molecule has 0 aliphatic heterocycles. The number of carbonyl (C=O) groups is 1. The van der Waals surface area contributed by atoms with E-state index in [-0.39, 0.29) is 5.97 Å². The van der Waals surface area contributed by atoms with Crippen LogP contribution in [0, 0.1) is 6.92 Å². The number of benzene rings is 1. The van der Waals surface area contributed by atoms with Gasteiger partial charge in [0.25, 0.3) is 0 Å². The molecule has 1 aromatic carbocycles. The molecule has 0 heterocycles. The van der Waals surface area contributed by atoms with Crippen LogP contribution >= 0.6 is 0 Å². The lowest BCUT2D eigenvalue weighted by Gasteiger charge is -2.12. The van der Waals surface area contributed by atoms with E-state index in [0.717, 1.165) is 11.1 Å². The van der Waals surface area contributed by atoms with Gasteiger partial charge in [-0.25, -0.2) is 4.79 Å². The van der Waals surface area contributed by atoms with E-state index in [4.69, 9.17) is 14.2 Å².